The maximum Gasteiger partial charge on any atom is 0.162 e. The van der Waals surface area contributed by atoms with E-state index in [1.807, 2.05) is 24.3 Å². The summed E-state index contributed by atoms with van der Waals surface area (Å²) in [5, 5.41) is 23.2. The van der Waals surface area contributed by atoms with Crippen molar-refractivity contribution in [2.24, 2.45) is 0 Å². The summed E-state index contributed by atoms with van der Waals surface area (Å²) in [6.07, 6.45) is 1.66. The van der Waals surface area contributed by atoms with Gasteiger partial charge in [0.15, 0.2) is 11.5 Å². The lowest BCUT2D eigenvalue weighted by Crippen LogP contribution is -2.31. The topological polar surface area (TPSA) is 61.7 Å². The number of phenolic OH excluding ortho intramolecular Hbond substituents is 2. The Morgan fingerprint density at radius 1 is 1.14 bits per heavy atom. The molecule has 1 atom stereocenters. The highest BCUT2D eigenvalue weighted by Gasteiger charge is 2.25. The molecular formula is C17H19NO3. The van der Waals surface area contributed by atoms with Crippen LogP contribution in [0.15, 0.2) is 36.4 Å². The molecule has 3 N–H and O–H groups in total. The highest BCUT2D eigenvalue weighted by atomic mass is 16.5. The highest BCUT2D eigenvalue weighted by molar-refractivity contribution is 5.52. The molecule has 0 unspecified atom stereocenters. The first-order chi connectivity index (χ1) is 10.2. The summed E-state index contributed by atoms with van der Waals surface area (Å²) in [5.74, 6) is 0.999. The Morgan fingerprint density at radius 2 is 1.90 bits per heavy atom. The number of methoxy groups -OCH3 is 1. The van der Waals surface area contributed by atoms with Crippen LogP contribution in [0.2, 0.25) is 0 Å². The average Bonchev–Trinajstić information content (AvgIpc) is 2.50. The maximum atomic E-state index is 10.4. The third kappa shape index (κ3) is 2.67. The Balaban J connectivity index is 1.94. The maximum absolute atomic E-state index is 10.4. The predicted molar refractivity (Wildman–Crippen MR) is 80.9 cm³/mol. The number of phenols is 2. The number of aromatic hydroxyl groups is 2. The lowest BCUT2D eigenvalue weighted by atomic mass is 9.89. The van der Waals surface area contributed by atoms with Crippen molar-refractivity contribution >= 4 is 0 Å². The lowest BCUT2D eigenvalue weighted by Gasteiger charge is -2.28. The van der Waals surface area contributed by atoms with E-state index in [1.165, 1.54) is 0 Å². The molecule has 0 fully saturated rings. The van der Waals surface area contributed by atoms with Gasteiger partial charge in [-0.2, -0.15) is 0 Å². The molecule has 0 amide bonds. The molecule has 110 valence electrons. The Kier molecular flexibility index (Phi) is 3.71. The predicted octanol–water partition coefficient (Wildman–Crippen LogP) is 2.54. The molecule has 0 radical (unpaired) electrons. The molecular weight excluding hydrogens is 266 g/mol. The molecule has 0 spiro atoms. The molecule has 2 aromatic carbocycles. The lowest BCUT2D eigenvalue weighted by molar-refractivity contribution is 0.361. The standard InChI is InChI=1S/C17H19NO3/c1-21-15-7-4-12-8-9-18-14(16(12)17(15)20)10-11-2-5-13(19)6-3-11/h2-7,14,18-20H,8-10H2,1H3/t14-/m1/s1. The van der Waals surface area contributed by atoms with Gasteiger partial charge in [0.25, 0.3) is 0 Å². The van der Waals surface area contributed by atoms with E-state index in [9.17, 15) is 10.2 Å². The van der Waals surface area contributed by atoms with Gasteiger partial charge in [-0.15, -0.1) is 0 Å². The average molecular weight is 285 g/mol. The zero-order valence-corrected chi connectivity index (χ0v) is 12.0. The highest BCUT2D eigenvalue weighted by Crippen LogP contribution is 2.39. The van der Waals surface area contributed by atoms with Crippen LogP contribution in [0.5, 0.6) is 17.2 Å². The van der Waals surface area contributed by atoms with Gasteiger partial charge in [-0.1, -0.05) is 18.2 Å². The largest absolute Gasteiger partial charge is 0.508 e. The molecule has 2 aromatic rings. The number of fused-ring (bicyclic) bond motifs is 1. The molecule has 1 heterocycles. The van der Waals surface area contributed by atoms with Crippen molar-refractivity contribution in [2.75, 3.05) is 13.7 Å². The molecule has 1 aliphatic heterocycles. The van der Waals surface area contributed by atoms with Gasteiger partial charge in [-0.3, -0.25) is 0 Å². The number of nitrogens with one attached hydrogen (secondary N) is 1. The summed E-state index contributed by atoms with van der Waals surface area (Å²) in [6.45, 7) is 0.890. The number of hydrogen-bond donors (Lipinski definition) is 3. The molecule has 0 saturated heterocycles. The molecule has 4 nitrogen and oxygen atoms in total. The molecule has 0 bridgehead atoms. The van der Waals surface area contributed by atoms with Gasteiger partial charge in [0.1, 0.15) is 5.75 Å². The van der Waals surface area contributed by atoms with Gasteiger partial charge in [0.05, 0.1) is 7.11 Å². The van der Waals surface area contributed by atoms with Gasteiger partial charge < -0.3 is 20.3 Å². The zero-order chi connectivity index (χ0) is 14.8. The number of rotatable bonds is 3. The van der Waals surface area contributed by atoms with Crippen molar-refractivity contribution in [1.82, 2.24) is 5.32 Å². The van der Waals surface area contributed by atoms with Crippen LogP contribution in [-0.2, 0) is 12.8 Å². The zero-order valence-electron chi connectivity index (χ0n) is 12.0. The van der Waals surface area contributed by atoms with Crippen LogP contribution in [0.3, 0.4) is 0 Å². The van der Waals surface area contributed by atoms with E-state index in [0.29, 0.717) is 5.75 Å². The third-order valence-corrected chi connectivity index (χ3v) is 4.00. The minimum absolute atomic E-state index is 0.0494. The monoisotopic (exact) mass is 285 g/mol. The summed E-state index contributed by atoms with van der Waals surface area (Å²) in [7, 11) is 1.56. The second-order valence-corrected chi connectivity index (χ2v) is 5.32. The summed E-state index contributed by atoms with van der Waals surface area (Å²) < 4.78 is 5.21. The van der Waals surface area contributed by atoms with Crippen molar-refractivity contribution < 1.29 is 14.9 Å². The summed E-state index contributed by atoms with van der Waals surface area (Å²) in [4.78, 5) is 0. The van der Waals surface area contributed by atoms with Gasteiger partial charge in [0, 0.05) is 11.6 Å². The third-order valence-electron chi connectivity index (χ3n) is 4.00. The van der Waals surface area contributed by atoms with Crippen molar-refractivity contribution in [3.63, 3.8) is 0 Å². The fourth-order valence-electron chi connectivity index (χ4n) is 2.93. The fourth-order valence-corrected chi connectivity index (χ4v) is 2.93. The minimum atomic E-state index is 0.0494. The molecule has 21 heavy (non-hydrogen) atoms. The van der Waals surface area contributed by atoms with Crippen LogP contribution < -0.4 is 10.1 Å². The Hall–Kier alpha value is -2.20. The molecule has 4 heteroatoms. The van der Waals surface area contributed by atoms with E-state index >= 15 is 0 Å². The summed E-state index contributed by atoms with van der Waals surface area (Å²) >= 11 is 0. The van der Waals surface area contributed by atoms with E-state index in [4.69, 9.17) is 4.74 Å². The van der Waals surface area contributed by atoms with Crippen molar-refractivity contribution in [3.05, 3.63) is 53.1 Å². The Morgan fingerprint density at radius 3 is 2.62 bits per heavy atom. The van der Waals surface area contributed by atoms with Crippen LogP contribution in [0.1, 0.15) is 22.7 Å². The van der Waals surface area contributed by atoms with Crippen molar-refractivity contribution in [3.8, 4) is 17.2 Å². The van der Waals surface area contributed by atoms with Gasteiger partial charge >= 0.3 is 0 Å². The molecule has 0 aromatic heterocycles. The van der Waals surface area contributed by atoms with E-state index in [1.54, 1.807) is 19.2 Å². The molecule has 3 rings (SSSR count). The van der Waals surface area contributed by atoms with Crippen LogP contribution in [0.4, 0.5) is 0 Å². The van der Waals surface area contributed by atoms with Crippen molar-refractivity contribution in [2.45, 2.75) is 18.9 Å². The minimum Gasteiger partial charge on any atom is -0.508 e. The number of benzene rings is 2. The second kappa shape index (κ2) is 5.66. The smallest absolute Gasteiger partial charge is 0.162 e. The van der Waals surface area contributed by atoms with E-state index < -0.39 is 0 Å². The normalized spacial score (nSPS) is 17.3. The van der Waals surface area contributed by atoms with Gasteiger partial charge in [0.2, 0.25) is 0 Å². The van der Waals surface area contributed by atoms with Crippen molar-refractivity contribution in [1.29, 1.82) is 0 Å². The summed E-state index contributed by atoms with van der Waals surface area (Å²) in [6, 6.07) is 11.1. The SMILES string of the molecule is COc1ccc2c(c1O)[C@@H](Cc1ccc(O)cc1)NCC2. The molecule has 1 aliphatic rings. The Bertz CT molecular complexity index is 637. The van der Waals surface area contributed by atoms with Crippen LogP contribution in [-0.4, -0.2) is 23.9 Å². The molecule has 0 aliphatic carbocycles. The van der Waals surface area contributed by atoms with Gasteiger partial charge in [-0.25, -0.2) is 0 Å². The number of ether oxygens (including phenoxy) is 1. The van der Waals surface area contributed by atoms with Crippen LogP contribution in [0, 0.1) is 0 Å². The van der Waals surface area contributed by atoms with Crippen LogP contribution in [0.25, 0.3) is 0 Å². The van der Waals surface area contributed by atoms with Gasteiger partial charge in [-0.05, 0) is 48.7 Å². The first-order valence-electron chi connectivity index (χ1n) is 7.09. The first-order valence-corrected chi connectivity index (χ1v) is 7.09. The van der Waals surface area contributed by atoms with E-state index in [-0.39, 0.29) is 17.5 Å². The van der Waals surface area contributed by atoms with E-state index in [2.05, 4.69) is 5.32 Å². The van der Waals surface area contributed by atoms with Crippen LogP contribution >= 0.6 is 0 Å². The second-order valence-electron chi connectivity index (χ2n) is 5.32. The summed E-state index contributed by atoms with van der Waals surface area (Å²) in [5.41, 5.74) is 3.20. The fraction of sp³-hybridized carbons (Fsp3) is 0.294. The Labute approximate surface area is 124 Å². The molecule has 0 saturated carbocycles. The quantitative estimate of drug-likeness (QED) is 0.811. The number of hydrogen-bond acceptors (Lipinski definition) is 4. The van der Waals surface area contributed by atoms with E-state index in [0.717, 1.165) is 36.1 Å². The first kappa shape index (κ1) is 13.8.